The van der Waals surface area contributed by atoms with Crippen LogP contribution in [0.25, 0.3) is 10.8 Å². The van der Waals surface area contributed by atoms with Crippen LogP contribution in [-0.4, -0.2) is 54.4 Å². The molecule has 1 aliphatic rings. The van der Waals surface area contributed by atoms with Crippen molar-refractivity contribution in [2.24, 2.45) is 0 Å². The molecule has 0 radical (unpaired) electrons. The van der Waals surface area contributed by atoms with Gasteiger partial charge >= 0.3 is 0 Å². The van der Waals surface area contributed by atoms with E-state index in [0.717, 1.165) is 16.8 Å². The van der Waals surface area contributed by atoms with Gasteiger partial charge in [-0.25, -0.2) is 4.39 Å². The van der Waals surface area contributed by atoms with Crippen LogP contribution in [0.5, 0.6) is 5.75 Å². The molecule has 0 aromatic heterocycles. The van der Waals surface area contributed by atoms with Crippen LogP contribution in [0.2, 0.25) is 5.02 Å². The standard InChI is InChI=1S/C23H20ClFN2O3/c24-20-14-17(25)8-9-19(20)23(29)27-12-10-26(11-13-27)22(28)15-30-21-7-3-5-16-4-1-2-6-18(16)21/h1-9,14H,10-13,15H2. The largest absolute Gasteiger partial charge is 0.483 e. The highest BCUT2D eigenvalue weighted by atomic mass is 35.5. The van der Waals surface area contributed by atoms with Crippen molar-refractivity contribution in [3.05, 3.63) is 77.1 Å². The Hall–Kier alpha value is -3.12. The van der Waals surface area contributed by atoms with Gasteiger partial charge in [0.25, 0.3) is 11.8 Å². The van der Waals surface area contributed by atoms with Gasteiger partial charge in [0, 0.05) is 31.6 Å². The first-order valence-electron chi connectivity index (χ1n) is 9.65. The highest BCUT2D eigenvalue weighted by Gasteiger charge is 2.26. The van der Waals surface area contributed by atoms with E-state index in [1.165, 1.54) is 12.1 Å². The second-order valence-corrected chi connectivity index (χ2v) is 7.47. The van der Waals surface area contributed by atoms with Crippen molar-refractivity contribution in [2.45, 2.75) is 0 Å². The van der Waals surface area contributed by atoms with Gasteiger partial charge in [0.05, 0.1) is 10.6 Å². The molecule has 1 heterocycles. The van der Waals surface area contributed by atoms with E-state index < -0.39 is 5.82 Å². The van der Waals surface area contributed by atoms with E-state index in [1.54, 1.807) is 9.80 Å². The Bertz CT molecular complexity index is 1090. The topological polar surface area (TPSA) is 49.9 Å². The van der Waals surface area contributed by atoms with E-state index in [1.807, 2.05) is 42.5 Å². The van der Waals surface area contributed by atoms with Gasteiger partial charge in [-0.3, -0.25) is 9.59 Å². The summed E-state index contributed by atoms with van der Waals surface area (Å²) in [4.78, 5) is 28.5. The Morgan fingerprint density at radius 1 is 0.933 bits per heavy atom. The summed E-state index contributed by atoms with van der Waals surface area (Å²) in [6, 6.07) is 17.3. The van der Waals surface area contributed by atoms with Gasteiger partial charge < -0.3 is 14.5 Å². The third kappa shape index (κ3) is 4.24. The zero-order valence-corrected chi connectivity index (χ0v) is 16.9. The molecule has 0 bridgehead atoms. The summed E-state index contributed by atoms with van der Waals surface area (Å²) in [6.45, 7) is 1.51. The lowest BCUT2D eigenvalue weighted by molar-refractivity contribution is -0.134. The molecule has 1 saturated heterocycles. The molecule has 0 unspecified atom stereocenters. The number of carbonyl (C=O) groups is 2. The van der Waals surface area contributed by atoms with Gasteiger partial charge in [0.1, 0.15) is 11.6 Å². The van der Waals surface area contributed by atoms with Crippen LogP contribution in [-0.2, 0) is 4.79 Å². The number of rotatable bonds is 4. The number of piperazine rings is 1. The Morgan fingerprint density at radius 2 is 1.63 bits per heavy atom. The lowest BCUT2D eigenvalue weighted by atomic mass is 10.1. The first kappa shape index (κ1) is 20.2. The molecule has 0 saturated carbocycles. The van der Waals surface area contributed by atoms with Crippen molar-refractivity contribution in [3.63, 3.8) is 0 Å². The maximum Gasteiger partial charge on any atom is 0.260 e. The summed E-state index contributed by atoms with van der Waals surface area (Å²) in [5, 5.41) is 2.09. The van der Waals surface area contributed by atoms with Crippen molar-refractivity contribution in [1.29, 1.82) is 0 Å². The van der Waals surface area contributed by atoms with Gasteiger partial charge in [0.2, 0.25) is 0 Å². The number of benzene rings is 3. The molecule has 3 aromatic rings. The molecule has 0 spiro atoms. The molecule has 1 fully saturated rings. The van der Waals surface area contributed by atoms with Gasteiger partial charge in [0.15, 0.2) is 6.61 Å². The minimum absolute atomic E-state index is 0.0637. The molecular weight excluding hydrogens is 407 g/mol. The summed E-state index contributed by atoms with van der Waals surface area (Å²) in [6.07, 6.45) is 0. The number of fused-ring (bicyclic) bond motifs is 1. The predicted molar refractivity (Wildman–Crippen MR) is 113 cm³/mol. The van der Waals surface area contributed by atoms with Crippen LogP contribution < -0.4 is 4.74 Å². The van der Waals surface area contributed by atoms with E-state index in [-0.39, 0.29) is 29.0 Å². The van der Waals surface area contributed by atoms with Crippen molar-refractivity contribution < 1.29 is 18.7 Å². The van der Waals surface area contributed by atoms with E-state index >= 15 is 0 Å². The minimum Gasteiger partial charge on any atom is -0.483 e. The normalized spacial score (nSPS) is 14.1. The average Bonchev–Trinajstić information content (AvgIpc) is 2.77. The number of carbonyl (C=O) groups excluding carboxylic acids is 2. The van der Waals surface area contributed by atoms with Gasteiger partial charge in [-0.2, -0.15) is 0 Å². The molecule has 0 aliphatic carbocycles. The van der Waals surface area contributed by atoms with Crippen molar-refractivity contribution in [3.8, 4) is 5.75 Å². The summed E-state index contributed by atoms with van der Waals surface area (Å²) >= 11 is 6.00. The maximum absolute atomic E-state index is 13.2. The van der Waals surface area contributed by atoms with Crippen LogP contribution in [0.1, 0.15) is 10.4 Å². The molecule has 30 heavy (non-hydrogen) atoms. The molecule has 3 aromatic carbocycles. The highest BCUT2D eigenvalue weighted by Crippen LogP contribution is 2.25. The number of halogens is 2. The second kappa shape index (κ2) is 8.71. The van der Waals surface area contributed by atoms with E-state index in [4.69, 9.17) is 16.3 Å². The molecular formula is C23H20ClFN2O3. The summed E-state index contributed by atoms with van der Waals surface area (Å²) < 4.78 is 19.0. The van der Waals surface area contributed by atoms with E-state index in [9.17, 15) is 14.0 Å². The second-order valence-electron chi connectivity index (χ2n) is 7.06. The minimum atomic E-state index is -0.488. The average molecular weight is 427 g/mol. The quantitative estimate of drug-likeness (QED) is 0.633. The van der Waals surface area contributed by atoms with Crippen LogP contribution in [0.4, 0.5) is 4.39 Å². The zero-order valence-electron chi connectivity index (χ0n) is 16.2. The van der Waals surface area contributed by atoms with Crippen LogP contribution in [0.3, 0.4) is 0 Å². The molecule has 0 atom stereocenters. The molecule has 5 nitrogen and oxygen atoms in total. The summed E-state index contributed by atoms with van der Waals surface area (Å²) in [5.41, 5.74) is 0.261. The summed E-state index contributed by atoms with van der Waals surface area (Å²) in [7, 11) is 0. The SMILES string of the molecule is O=C(COc1cccc2ccccc12)N1CCN(C(=O)c2ccc(F)cc2Cl)CC1. The van der Waals surface area contributed by atoms with Crippen LogP contribution in [0.15, 0.2) is 60.7 Å². The lowest BCUT2D eigenvalue weighted by Gasteiger charge is -2.34. The van der Waals surface area contributed by atoms with Crippen LogP contribution in [0, 0.1) is 5.82 Å². The molecule has 1 aliphatic heterocycles. The van der Waals surface area contributed by atoms with Crippen molar-refractivity contribution in [1.82, 2.24) is 9.80 Å². The Kier molecular flexibility index (Phi) is 5.86. The van der Waals surface area contributed by atoms with Gasteiger partial charge in [-0.05, 0) is 29.7 Å². The van der Waals surface area contributed by atoms with Crippen molar-refractivity contribution >= 4 is 34.2 Å². The third-order valence-electron chi connectivity index (χ3n) is 5.18. The fraction of sp³-hybridized carbons (Fsp3) is 0.217. The number of nitrogens with zero attached hydrogens (tertiary/aromatic N) is 2. The Morgan fingerprint density at radius 3 is 2.40 bits per heavy atom. The lowest BCUT2D eigenvalue weighted by Crippen LogP contribution is -2.51. The Balaban J connectivity index is 1.33. The number of ether oxygens (including phenoxy) is 1. The Labute approximate surface area is 178 Å². The molecule has 2 amide bonds. The predicted octanol–water partition coefficient (Wildman–Crippen LogP) is 4.00. The highest BCUT2D eigenvalue weighted by molar-refractivity contribution is 6.33. The van der Waals surface area contributed by atoms with Gasteiger partial charge in [-0.1, -0.05) is 48.0 Å². The monoisotopic (exact) mass is 426 g/mol. The maximum atomic E-state index is 13.2. The van der Waals surface area contributed by atoms with E-state index in [0.29, 0.717) is 31.9 Å². The number of amides is 2. The molecule has 7 heteroatoms. The van der Waals surface area contributed by atoms with E-state index in [2.05, 4.69) is 0 Å². The van der Waals surface area contributed by atoms with Crippen molar-refractivity contribution in [2.75, 3.05) is 32.8 Å². The first-order valence-corrected chi connectivity index (χ1v) is 10.0. The molecule has 4 rings (SSSR count). The molecule has 0 N–H and O–H groups in total. The fourth-order valence-electron chi connectivity index (χ4n) is 3.54. The number of hydrogen-bond donors (Lipinski definition) is 0. The third-order valence-corrected chi connectivity index (χ3v) is 5.49. The zero-order chi connectivity index (χ0) is 21.1. The van der Waals surface area contributed by atoms with Crippen LogP contribution >= 0.6 is 11.6 Å². The number of hydrogen-bond acceptors (Lipinski definition) is 3. The van der Waals surface area contributed by atoms with Gasteiger partial charge in [-0.15, -0.1) is 0 Å². The molecule has 154 valence electrons. The fourth-order valence-corrected chi connectivity index (χ4v) is 3.79. The summed E-state index contributed by atoms with van der Waals surface area (Å²) in [5.74, 6) is -0.215. The first-order chi connectivity index (χ1) is 14.5. The smallest absolute Gasteiger partial charge is 0.260 e.